The molecule has 1 N–H and O–H groups in total. The van der Waals surface area contributed by atoms with Crippen LogP contribution in [-0.2, 0) is 6.54 Å². The summed E-state index contributed by atoms with van der Waals surface area (Å²) in [4.78, 5) is 28.7. The molecule has 0 amide bonds. The predicted octanol–water partition coefficient (Wildman–Crippen LogP) is 1.40. The van der Waals surface area contributed by atoms with E-state index in [1.807, 2.05) is 0 Å². The second-order valence-corrected chi connectivity index (χ2v) is 4.59. The van der Waals surface area contributed by atoms with E-state index >= 15 is 0 Å². The number of aromatic nitrogens is 3. The lowest BCUT2D eigenvalue weighted by Gasteiger charge is -2.05. The maximum Gasteiger partial charge on any atom is 0.328 e. The molecule has 0 radical (unpaired) electrons. The lowest BCUT2D eigenvalue weighted by Crippen LogP contribution is -2.30. The van der Waals surface area contributed by atoms with Crippen molar-refractivity contribution >= 4 is 27.5 Å². The van der Waals surface area contributed by atoms with Crippen molar-refractivity contribution < 1.29 is 0 Å². The summed E-state index contributed by atoms with van der Waals surface area (Å²) in [6.45, 7) is 0.316. The average Bonchev–Trinajstić information content (AvgIpc) is 2.26. The van der Waals surface area contributed by atoms with Crippen molar-refractivity contribution in [1.82, 2.24) is 14.5 Å². The van der Waals surface area contributed by atoms with E-state index < -0.39 is 11.2 Å². The van der Waals surface area contributed by atoms with E-state index in [-0.39, 0.29) is 0 Å². The predicted molar refractivity (Wildman–Crippen MR) is 67.4 cm³/mol. The number of aromatic amines is 1. The molecule has 17 heavy (non-hydrogen) atoms. The highest BCUT2D eigenvalue weighted by Gasteiger charge is 2.03. The molecule has 0 unspecified atom stereocenters. The molecule has 0 aliphatic heterocycles. The van der Waals surface area contributed by atoms with Crippen LogP contribution in [0.4, 0.5) is 0 Å². The SMILES string of the molecule is O=c1[nH]c(=O)n(Cc2ccnc(Cl)c2)cc1Br. The highest BCUT2D eigenvalue weighted by molar-refractivity contribution is 9.10. The van der Waals surface area contributed by atoms with Crippen LogP contribution in [-0.4, -0.2) is 14.5 Å². The maximum atomic E-state index is 11.5. The van der Waals surface area contributed by atoms with Crippen LogP contribution in [0.25, 0.3) is 0 Å². The summed E-state index contributed by atoms with van der Waals surface area (Å²) in [6.07, 6.45) is 3.00. The van der Waals surface area contributed by atoms with Crippen LogP contribution in [0.3, 0.4) is 0 Å². The highest BCUT2D eigenvalue weighted by atomic mass is 79.9. The highest BCUT2D eigenvalue weighted by Crippen LogP contribution is 2.08. The summed E-state index contributed by atoms with van der Waals surface area (Å²) in [5, 5.41) is 0.360. The Kier molecular flexibility index (Phi) is 3.44. The molecule has 5 nitrogen and oxygen atoms in total. The quantitative estimate of drug-likeness (QED) is 0.852. The summed E-state index contributed by atoms with van der Waals surface area (Å²) >= 11 is 8.81. The van der Waals surface area contributed by atoms with Crippen molar-refractivity contribution in [2.45, 2.75) is 6.54 Å². The third-order valence-electron chi connectivity index (χ3n) is 2.11. The fraction of sp³-hybridized carbons (Fsp3) is 0.100. The van der Waals surface area contributed by atoms with E-state index in [0.717, 1.165) is 5.56 Å². The van der Waals surface area contributed by atoms with Crippen molar-refractivity contribution in [1.29, 1.82) is 0 Å². The number of halogens is 2. The van der Waals surface area contributed by atoms with Gasteiger partial charge < -0.3 is 0 Å². The number of nitrogens with zero attached hydrogens (tertiary/aromatic N) is 2. The fourth-order valence-corrected chi connectivity index (χ4v) is 1.88. The van der Waals surface area contributed by atoms with Gasteiger partial charge in [0.2, 0.25) is 0 Å². The minimum absolute atomic E-state index is 0.303. The van der Waals surface area contributed by atoms with Crippen LogP contribution in [0.1, 0.15) is 5.56 Å². The summed E-state index contributed by atoms with van der Waals surface area (Å²) < 4.78 is 1.68. The molecule has 2 heterocycles. The van der Waals surface area contributed by atoms with Gasteiger partial charge in [-0.05, 0) is 33.6 Å². The van der Waals surface area contributed by atoms with E-state index in [0.29, 0.717) is 16.2 Å². The third-order valence-corrected chi connectivity index (χ3v) is 2.88. The molecule has 0 bridgehead atoms. The molecular weight excluding hydrogens is 309 g/mol. The molecule has 0 aliphatic rings. The van der Waals surface area contributed by atoms with Gasteiger partial charge in [-0.3, -0.25) is 14.3 Å². The largest absolute Gasteiger partial charge is 0.328 e. The first kappa shape index (κ1) is 12.1. The van der Waals surface area contributed by atoms with Crippen molar-refractivity contribution in [3.05, 3.63) is 60.6 Å². The van der Waals surface area contributed by atoms with Gasteiger partial charge >= 0.3 is 5.69 Å². The van der Waals surface area contributed by atoms with E-state index in [4.69, 9.17) is 11.6 Å². The van der Waals surface area contributed by atoms with E-state index in [9.17, 15) is 9.59 Å². The van der Waals surface area contributed by atoms with Gasteiger partial charge in [-0.25, -0.2) is 9.78 Å². The number of hydrogen-bond donors (Lipinski definition) is 1. The Hall–Kier alpha value is -1.40. The minimum Gasteiger partial charge on any atom is -0.295 e. The standard InChI is InChI=1S/C10H7BrClN3O2/c11-7-5-15(10(17)14-9(7)16)4-6-1-2-13-8(12)3-6/h1-3,5H,4H2,(H,14,16,17). The molecule has 2 aromatic rings. The summed E-state index contributed by atoms with van der Waals surface area (Å²) in [5.74, 6) is 0. The topological polar surface area (TPSA) is 67.8 Å². The number of hydrogen-bond acceptors (Lipinski definition) is 3. The Bertz CT molecular complexity index is 665. The van der Waals surface area contributed by atoms with Crippen molar-refractivity contribution in [2.75, 3.05) is 0 Å². The van der Waals surface area contributed by atoms with Gasteiger partial charge in [0.1, 0.15) is 5.15 Å². The lowest BCUT2D eigenvalue weighted by molar-refractivity contribution is 0.715. The number of pyridine rings is 1. The zero-order valence-electron chi connectivity index (χ0n) is 8.48. The first-order valence-corrected chi connectivity index (χ1v) is 5.83. The fourth-order valence-electron chi connectivity index (χ4n) is 1.34. The first-order chi connectivity index (χ1) is 8.06. The van der Waals surface area contributed by atoms with Crippen molar-refractivity contribution in [3.63, 3.8) is 0 Å². The van der Waals surface area contributed by atoms with E-state index in [1.54, 1.807) is 18.3 Å². The molecule has 0 saturated carbocycles. The molecule has 0 aliphatic carbocycles. The summed E-state index contributed by atoms with van der Waals surface area (Å²) in [5.41, 5.74) is -0.0869. The molecule has 0 aromatic carbocycles. The van der Waals surface area contributed by atoms with Crippen molar-refractivity contribution in [3.8, 4) is 0 Å². The van der Waals surface area contributed by atoms with E-state index in [2.05, 4.69) is 25.9 Å². The zero-order chi connectivity index (χ0) is 12.4. The number of nitrogens with one attached hydrogen (secondary N) is 1. The smallest absolute Gasteiger partial charge is 0.295 e. The van der Waals surface area contributed by atoms with Crippen molar-refractivity contribution in [2.24, 2.45) is 0 Å². The Morgan fingerprint density at radius 2 is 2.24 bits per heavy atom. The van der Waals surface area contributed by atoms with Crippen LogP contribution < -0.4 is 11.2 Å². The Balaban J connectivity index is 2.40. The molecule has 7 heteroatoms. The number of H-pyrrole nitrogens is 1. The second kappa shape index (κ2) is 4.85. The lowest BCUT2D eigenvalue weighted by atomic mass is 10.3. The molecule has 0 fully saturated rings. The van der Waals surface area contributed by atoms with Crippen LogP contribution in [0.5, 0.6) is 0 Å². The van der Waals surface area contributed by atoms with Crippen LogP contribution in [0.15, 0.2) is 38.6 Å². The molecule has 0 atom stereocenters. The molecule has 2 rings (SSSR count). The first-order valence-electron chi connectivity index (χ1n) is 4.66. The van der Waals surface area contributed by atoms with Crippen LogP contribution >= 0.6 is 27.5 Å². The molecule has 88 valence electrons. The van der Waals surface area contributed by atoms with E-state index in [1.165, 1.54) is 10.8 Å². The number of rotatable bonds is 2. The Labute approximate surface area is 109 Å². The zero-order valence-corrected chi connectivity index (χ0v) is 10.8. The summed E-state index contributed by atoms with van der Waals surface area (Å²) in [7, 11) is 0. The monoisotopic (exact) mass is 315 g/mol. The van der Waals surface area contributed by atoms with Gasteiger partial charge in [-0.2, -0.15) is 0 Å². The summed E-state index contributed by atoms with van der Waals surface area (Å²) in [6, 6.07) is 3.41. The van der Waals surface area contributed by atoms with Gasteiger partial charge in [0.05, 0.1) is 11.0 Å². The van der Waals surface area contributed by atoms with Crippen LogP contribution in [0, 0.1) is 0 Å². The minimum atomic E-state index is -0.467. The van der Waals surface area contributed by atoms with Gasteiger partial charge in [0, 0.05) is 12.4 Å². The second-order valence-electron chi connectivity index (χ2n) is 3.35. The van der Waals surface area contributed by atoms with Gasteiger partial charge in [-0.15, -0.1) is 0 Å². The molecule has 0 saturated heterocycles. The maximum absolute atomic E-state index is 11.5. The third kappa shape index (κ3) is 2.83. The molecule has 2 aromatic heterocycles. The average molecular weight is 317 g/mol. The molecule has 0 spiro atoms. The van der Waals surface area contributed by atoms with Crippen LogP contribution in [0.2, 0.25) is 5.15 Å². The molecular formula is C10H7BrClN3O2. The normalized spacial score (nSPS) is 10.5. The van der Waals surface area contributed by atoms with Gasteiger partial charge in [0.15, 0.2) is 0 Å². The Morgan fingerprint density at radius 3 is 2.94 bits per heavy atom. The van der Waals surface area contributed by atoms with Gasteiger partial charge in [0.25, 0.3) is 5.56 Å². The van der Waals surface area contributed by atoms with Gasteiger partial charge in [-0.1, -0.05) is 11.6 Å². The Morgan fingerprint density at radius 1 is 1.47 bits per heavy atom.